The van der Waals surface area contributed by atoms with Gasteiger partial charge in [-0.15, -0.1) is 0 Å². The van der Waals surface area contributed by atoms with Crippen LogP contribution in [-0.4, -0.2) is 22.9 Å². The Kier molecular flexibility index (Phi) is 5.44. The summed E-state index contributed by atoms with van der Waals surface area (Å²) in [5.74, 6) is 1.57. The van der Waals surface area contributed by atoms with E-state index in [0.717, 1.165) is 31.3 Å². The van der Waals surface area contributed by atoms with Gasteiger partial charge >= 0.3 is 0 Å². The van der Waals surface area contributed by atoms with Crippen LogP contribution >= 0.6 is 0 Å². The van der Waals surface area contributed by atoms with Gasteiger partial charge in [-0.3, -0.25) is 0 Å². The van der Waals surface area contributed by atoms with Gasteiger partial charge in [0, 0.05) is 6.61 Å². The van der Waals surface area contributed by atoms with E-state index in [1.54, 1.807) is 0 Å². The zero-order valence-electron chi connectivity index (χ0n) is 15.1. The molecule has 2 N–H and O–H groups in total. The Morgan fingerprint density at radius 1 is 1.23 bits per heavy atom. The van der Waals surface area contributed by atoms with Crippen molar-refractivity contribution in [1.82, 2.24) is 0 Å². The Morgan fingerprint density at radius 2 is 1.91 bits per heavy atom. The first-order valence-electron chi connectivity index (χ1n) is 9.20. The summed E-state index contributed by atoms with van der Waals surface area (Å²) in [5, 5.41) is 19.7. The first-order chi connectivity index (χ1) is 10.2. The zero-order valence-corrected chi connectivity index (χ0v) is 15.1. The molecular weight excluding hydrogens is 272 g/mol. The number of hydrogen-bond donors (Lipinski definition) is 2. The molecule has 0 aromatic rings. The Bertz CT molecular complexity index is 401. The summed E-state index contributed by atoms with van der Waals surface area (Å²) in [7, 11) is 0. The number of aliphatic hydroxyl groups excluding tert-OH is 2. The predicted octanol–water partition coefficient (Wildman–Crippen LogP) is 4.55. The molecule has 2 fully saturated rings. The lowest BCUT2D eigenvalue weighted by atomic mass is 9.46. The van der Waals surface area contributed by atoms with Gasteiger partial charge < -0.3 is 10.2 Å². The van der Waals surface area contributed by atoms with E-state index in [1.807, 2.05) is 0 Å². The highest BCUT2D eigenvalue weighted by molar-refractivity contribution is 5.19. The molecule has 0 bridgehead atoms. The predicted molar refractivity (Wildman–Crippen MR) is 92.6 cm³/mol. The van der Waals surface area contributed by atoms with E-state index in [2.05, 4.69) is 34.3 Å². The van der Waals surface area contributed by atoms with Crippen molar-refractivity contribution >= 4 is 0 Å². The fraction of sp³-hybridized carbons (Fsp3) is 0.900. The van der Waals surface area contributed by atoms with Crippen LogP contribution < -0.4 is 0 Å². The van der Waals surface area contributed by atoms with Gasteiger partial charge in [0.15, 0.2) is 0 Å². The lowest BCUT2D eigenvalue weighted by molar-refractivity contribution is -0.0846. The van der Waals surface area contributed by atoms with Crippen LogP contribution in [-0.2, 0) is 0 Å². The fourth-order valence-electron chi connectivity index (χ4n) is 5.53. The van der Waals surface area contributed by atoms with E-state index < -0.39 is 0 Å². The molecule has 0 radical (unpaired) electrons. The van der Waals surface area contributed by atoms with E-state index in [9.17, 15) is 5.11 Å². The summed E-state index contributed by atoms with van der Waals surface area (Å²) in [4.78, 5) is 0. The van der Waals surface area contributed by atoms with Crippen molar-refractivity contribution < 1.29 is 10.2 Å². The van der Waals surface area contributed by atoms with Gasteiger partial charge in [-0.1, -0.05) is 47.1 Å². The molecule has 2 saturated carbocycles. The van der Waals surface area contributed by atoms with Crippen molar-refractivity contribution in [1.29, 1.82) is 0 Å². The third kappa shape index (κ3) is 3.28. The summed E-state index contributed by atoms with van der Waals surface area (Å²) in [6.45, 7) is 14.0. The normalized spacial score (nSPS) is 39.4. The van der Waals surface area contributed by atoms with E-state index in [4.69, 9.17) is 5.11 Å². The minimum atomic E-state index is -0.325. The van der Waals surface area contributed by atoms with E-state index in [0.29, 0.717) is 23.2 Å². The van der Waals surface area contributed by atoms with Gasteiger partial charge in [0.25, 0.3) is 0 Å². The molecule has 0 amide bonds. The molecule has 2 heteroatoms. The summed E-state index contributed by atoms with van der Waals surface area (Å²) < 4.78 is 0. The Balaban J connectivity index is 2.19. The third-order valence-electron chi connectivity index (χ3n) is 6.98. The highest BCUT2D eigenvalue weighted by Gasteiger charge is 2.54. The maximum absolute atomic E-state index is 10.6. The molecule has 22 heavy (non-hydrogen) atoms. The maximum atomic E-state index is 10.6. The lowest BCUT2D eigenvalue weighted by Gasteiger charge is -2.59. The van der Waals surface area contributed by atoms with Crippen molar-refractivity contribution in [3.05, 3.63) is 12.2 Å². The van der Waals surface area contributed by atoms with Gasteiger partial charge in [-0.2, -0.15) is 0 Å². The van der Waals surface area contributed by atoms with Crippen molar-refractivity contribution in [2.75, 3.05) is 6.61 Å². The van der Waals surface area contributed by atoms with Crippen LogP contribution in [0.3, 0.4) is 0 Å². The first kappa shape index (κ1) is 18.0. The molecule has 5 atom stereocenters. The minimum absolute atomic E-state index is 0.280. The van der Waals surface area contributed by atoms with E-state index in [1.165, 1.54) is 19.3 Å². The second kappa shape index (κ2) is 6.65. The fourth-order valence-corrected chi connectivity index (χ4v) is 5.53. The van der Waals surface area contributed by atoms with Gasteiger partial charge in [-0.25, -0.2) is 0 Å². The van der Waals surface area contributed by atoms with Crippen LogP contribution in [0.2, 0.25) is 0 Å². The topological polar surface area (TPSA) is 40.5 Å². The lowest BCUT2D eigenvalue weighted by Crippen LogP contribution is -2.52. The van der Waals surface area contributed by atoms with Crippen molar-refractivity contribution in [2.45, 2.75) is 78.7 Å². The average Bonchev–Trinajstić information content (AvgIpc) is 2.41. The average molecular weight is 309 g/mol. The number of hydrogen-bond acceptors (Lipinski definition) is 2. The van der Waals surface area contributed by atoms with Crippen LogP contribution in [0.25, 0.3) is 0 Å². The Morgan fingerprint density at radius 3 is 2.55 bits per heavy atom. The van der Waals surface area contributed by atoms with Crippen LogP contribution in [0.4, 0.5) is 0 Å². The van der Waals surface area contributed by atoms with Crippen LogP contribution in [0.1, 0.15) is 72.6 Å². The Hall–Kier alpha value is -0.340. The van der Waals surface area contributed by atoms with E-state index >= 15 is 0 Å². The highest BCUT2D eigenvalue weighted by Crippen LogP contribution is 2.61. The standard InChI is InChI=1S/C20H36O2/c1-14(9-12-21)7-8-16-15(2)17(22)13-18-19(3,4)10-6-11-20(16,18)5/h14,16-18,21-22H,2,6-13H2,1,3-5H3/t14-,16-,17-,18-,20+/m0/s1. The molecule has 2 aliphatic carbocycles. The molecule has 0 unspecified atom stereocenters. The SMILES string of the molecule is C=C1[C@@H](O)C[C@H]2C(C)(C)CCC[C@]2(C)[C@H]1CC[C@H](C)CCO. The highest BCUT2D eigenvalue weighted by atomic mass is 16.3. The summed E-state index contributed by atoms with van der Waals surface area (Å²) >= 11 is 0. The second-order valence-corrected chi connectivity index (χ2v) is 8.97. The summed E-state index contributed by atoms with van der Waals surface area (Å²) in [5.41, 5.74) is 1.69. The van der Waals surface area contributed by atoms with Gasteiger partial charge in [0.2, 0.25) is 0 Å². The molecule has 0 aromatic heterocycles. The molecule has 0 spiro atoms. The van der Waals surface area contributed by atoms with Crippen LogP contribution in [0.5, 0.6) is 0 Å². The van der Waals surface area contributed by atoms with Gasteiger partial charge in [0.05, 0.1) is 6.10 Å². The smallest absolute Gasteiger partial charge is 0.0753 e. The molecule has 0 heterocycles. The quantitative estimate of drug-likeness (QED) is 0.731. The Labute approximate surface area is 137 Å². The first-order valence-corrected chi connectivity index (χ1v) is 9.20. The largest absolute Gasteiger partial charge is 0.396 e. The van der Waals surface area contributed by atoms with E-state index in [-0.39, 0.29) is 18.1 Å². The molecule has 0 saturated heterocycles. The number of fused-ring (bicyclic) bond motifs is 1. The molecule has 2 nitrogen and oxygen atoms in total. The molecule has 128 valence electrons. The molecule has 0 aromatic carbocycles. The van der Waals surface area contributed by atoms with Crippen molar-refractivity contribution in [3.8, 4) is 0 Å². The second-order valence-electron chi connectivity index (χ2n) is 8.97. The van der Waals surface area contributed by atoms with Gasteiger partial charge in [0.1, 0.15) is 0 Å². The number of rotatable bonds is 5. The third-order valence-corrected chi connectivity index (χ3v) is 6.98. The van der Waals surface area contributed by atoms with Crippen molar-refractivity contribution in [3.63, 3.8) is 0 Å². The van der Waals surface area contributed by atoms with Gasteiger partial charge in [-0.05, 0) is 66.3 Å². The number of aliphatic hydroxyl groups is 2. The van der Waals surface area contributed by atoms with Crippen LogP contribution in [0.15, 0.2) is 12.2 Å². The summed E-state index contributed by atoms with van der Waals surface area (Å²) in [6.07, 6.45) is 7.53. The monoisotopic (exact) mass is 308 g/mol. The van der Waals surface area contributed by atoms with Crippen LogP contribution in [0, 0.1) is 28.6 Å². The molecule has 2 rings (SSSR count). The van der Waals surface area contributed by atoms with Crippen molar-refractivity contribution in [2.24, 2.45) is 28.6 Å². The molecule has 2 aliphatic rings. The minimum Gasteiger partial charge on any atom is -0.396 e. The zero-order chi connectivity index (χ0) is 16.5. The molecular formula is C20H36O2. The maximum Gasteiger partial charge on any atom is 0.0753 e. The summed E-state index contributed by atoms with van der Waals surface area (Å²) in [6, 6.07) is 0. The molecule has 0 aliphatic heterocycles.